The number of hydrogen-bond donors (Lipinski definition) is 4. The first-order chi connectivity index (χ1) is 17.3. The fraction of sp³-hybridized carbons (Fsp3) is 0.130. The number of anilines is 4. The molecule has 0 aliphatic heterocycles. The number of aryl methyl sites for hydroxylation is 3. The maximum atomic E-state index is 12.1. The lowest BCUT2D eigenvalue weighted by molar-refractivity contribution is 0.599. The fourth-order valence-electron chi connectivity index (χ4n) is 2.92. The van der Waals surface area contributed by atoms with E-state index in [1.807, 2.05) is 0 Å². The van der Waals surface area contributed by atoms with E-state index in [9.17, 15) is 16.8 Å². The summed E-state index contributed by atoms with van der Waals surface area (Å²) in [7, 11) is -7.37. The van der Waals surface area contributed by atoms with Crippen LogP contribution in [0.3, 0.4) is 0 Å². The zero-order chi connectivity index (χ0) is 27.2. The highest BCUT2D eigenvalue weighted by Gasteiger charge is 2.16. The molecule has 0 aliphatic rings. The molecule has 2 aromatic carbocycles. The number of rotatable bonds is 6. The molecule has 4 rings (SSSR count). The first-order valence-corrected chi connectivity index (χ1v) is 13.7. The lowest BCUT2D eigenvalue weighted by Crippen LogP contribution is -2.15. The van der Waals surface area contributed by atoms with Gasteiger partial charge in [-0.05, 0) is 81.4 Å². The summed E-state index contributed by atoms with van der Waals surface area (Å²) in [4.78, 5) is 16.1. The molecule has 2 heterocycles. The number of sulfonamides is 2. The Labute approximate surface area is 215 Å². The van der Waals surface area contributed by atoms with Gasteiger partial charge in [-0.15, -0.1) is 0 Å². The minimum absolute atomic E-state index is 0.0480. The van der Waals surface area contributed by atoms with Gasteiger partial charge >= 0.3 is 0 Å². The fourth-order valence-corrected chi connectivity index (χ4v) is 4.82. The van der Waals surface area contributed by atoms with Crippen molar-refractivity contribution >= 4 is 43.3 Å². The van der Waals surface area contributed by atoms with Crippen LogP contribution in [0.5, 0.6) is 0 Å². The van der Waals surface area contributed by atoms with Crippen LogP contribution in [0, 0.1) is 20.8 Å². The largest absolute Gasteiger partial charge is 0.399 e. The maximum Gasteiger partial charge on any atom is 0.264 e. The first kappa shape index (κ1) is 27.3. The number of nitrogens with one attached hydrogen (secondary N) is 2. The highest BCUT2D eigenvalue weighted by Crippen LogP contribution is 2.16. The molecule has 4 aromatic rings. The normalized spacial score (nSPS) is 11.2. The SMILES string of the molecule is Cc1cc(C)nc(NS(=O)(=O)c2ccc(N)cc2)n1.Cc1ccnc(NS(=O)(=O)c2ccc(N)cc2)n1. The van der Waals surface area contributed by atoms with Gasteiger partial charge in [-0.3, -0.25) is 0 Å². The van der Waals surface area contributed by atoms with Crippen molar-refractivity contribution in [1.29, 1.82) is 0 Å². The van der Waals surface area contributed by atoms with E-state index in [2.05, 4.69) is 29.4 Å². The summed E-state index contributed by atoms with van der Waals surface area (Å²) in [5, 5.41) is 0. The van der Waals surface area contributed by atoms with Gasteiger partial charge in [0, 0.05) is 34.7 Å². The van der Waals surface area contributed by atoms with Gasteiger partial charge in [-0.25, -0.2) is 46.2 Å². The third kappa shape index (κ3) is 7.85. The van der Waals surface area contributed by atoms with E-state index in [1.165, 1.54) is 54.7 Å². The van der Waals surface area contributed by atoms with Crippen molar-refractivity contribution in [3.63, 3.8) is 0 Å². The number of nitrogen functional groups attached to an aromatic ring is 2. The molecule has 2 aromatic heterocycles. The van der Waals surface area contributed by atoms with Gasteiger partial charge in [0.05, 0.1) is 9.79 Å². The van der Waals surface area contributed by atoms with Crippen LogP contribution in [-0.2, 0) is 20.0 Å². The number of hydrogen-bond acceptors (Lipinski definition) is 10. The Hall–Kier alpha value is -4.30. The lowest BCUT2D eigenvalue weighted by atomic mass is 10.3. The van der Waals surface area contributed by atoms with Crippen molar-refractivity contribution in [2.24, 2.45) is 0 Å². The molecular weight excluding hydrogens is 516 g/mol. The second-order valence-corrected chi connectivity index (χ2v) is 11.2. The second kappa shape index (κ2) is 11.2. The van der Waals surface area contributed by atoms with E-state index < -0.39 is 20.0 Å². The Bertz CT molecular complexity index is 1570. The van der Waals surface area contributed by atoms with Crippen LogP contribution in [0.25, 0.3) is 0 Å². The van der Waals surface area contributed by atoms with Crippen molar-refractivity contribution in [1.82, 2.24) is 19.9 Å². The molecule has 0 spiro atoms. The Morgan fingerprint density at radius 1 is 0.595 bits per heavy atom. The smallest absolute Gasteiger partial charge is 0.264 e. The molecule has 0 fully saturated rings. The van der Waals surface area contributed by atoms with Gasteiger partial charge in [-0.2, -0.15) is 0 Å². The number of aromatic nitrogens is 4. The third-order valence-electron chi connectivity index (χ3n) is 4.61. The summed E-state index contributed by atoms with van der Waals surface area (Å²) in [5.74, 6) is 0.112. The summed E-state index contributed by atoms with van der Waals surface area (Å²) in [5.41, 5.74) is 14.1. The maximum absolute atomic E-state index is 12.1. The highest BCUT2D eigenvalue weighted by molar-refractivity contribution is 7.93. The molecule has 37 heavy (non-hydrogen) atoms. The van der Waals surface area contributed by atoms with Crippen molar-refractivity contribution in [3.8, 4) is 0 Å². The second-order valence-electron chi connectivity index (χ2n) is 7.85. The van der Waals surface area contributed by atoms with E-state index in [0.29, 0.717) is 28.5 Å². The number of nitrogens with two attached hydrogens (primary N) is 2. The summed E-state index contributed by atoms with van der Waals surface area (Å²) >= 11 is 0. The monoisotopic (exact) mass is 542 g/mol. The van der Waals surface area contributed by atoms with Crippen molar-refractivity contribution in [2.75, 3.05) is 20.9 Å². The van der Waals surface area contributed by atoms with Crippen LogP contribution in [-0.4, -0.2) is 36.8 Å². The van der Waals surface area contributed by atoms with Gasteiger partial charge in [0.1, 0.15) is 0 Å². The van der Waals surface area contributed by atoms with E-state index in [4.69, 9.17) is 11.5 Å². The molecule has 0 radical (unpaired) electrons. The molecule has 0 unspecified atom stereocenters. The summed E-state index contributed by atoms with van der Waals surface area (Å²) < 4.78 is 52.8. The molecule has 194 valence electrons. The van der Waals surface area contributed by atoms with Crippen LogP contribution in [0.1, 0.15) is 17.1 Å². The molecule has 14 heteroatoms. The molecule has 0 amide bonds. The standard InChI is InChI=1S/C12H14N4O2S.C11H12N4O2S/c1-8-7-9(2)15-12(14-8)16-19(17,18)11-5-3-10(13)4-6-11;1-8-6-7-13-11(14-8)15-18(16,17)10-4-2-9(12)3-5-10/h3-7H,13H2,1-2H3,(H,14,15,16);2-7H,12H2,1H3,(H,13,14,15). The molecule has 0 bridgehead atoms. The Balaban J connectivity index is 0.000000206. The summed E-state index contributed by atoms with van der Waals surface area (Å²) in [6, 6.07) is 15.2. The van der Waals surface area contributed by atoms with Gasteiger partial charge in [0.15, 0.2) is 0 Å². The van der Waals surface area contributed by atoms with E-state index >= 15 is 0 Å². The first-order valence-electron chi connectivity index (χ1n) is 10.7. The third-order valence-corrected chi connectivity index (χ3v) is 7.30. The quantitative estimate of drug-likeness (QED) is 0.263. The van der Waals surface area contributed by atoms with Crippen LogP contribution in [0.4, 0.5) is 23.3 Å². The Morgan fingerprint density at radius 2 is 1.00 bits per heavy atom. The van der Waals surface area contributed by atoms with Crippen LogP contribution < -0.4 is 20.9 Å². The summed E-state index contributed by atoms with van der Waals surface area (Å²) in [6.07, 6.45) is 1.49. The van der Waals surface area contributed by atoms with Gasteiger partial charge in [-0.1, -0.05) is 0 Å². The van der Waals surface area contributed by atoms with Crippen LogP contribution in [0.15, 0.2) is 76.7 Å². The molecule has 12 nitrogen and oxygen atoms in total. The molecular formula is C23H26N8O4S2. The van der Waals surface area contributed by atoms with Crippen molar-refractivity contribution < 1.29 is 16.8 Å². The predicted molar refractivity (Wildman–Crippen MR) is 142 cm³/mol. The predicted octanol–water partition coefficient (Wildman–Crippen LogP) is 2.64. The van der Waals surface area contributed by atoms with Crippen LogP contribution in [0.2, 0.25) is 0 Å². The summed E-state index contributed by atoms with van der Waals surface area (Å²) in [6.45, 7) is 5.30. The van der Waals surface area contributed by atoms with E-state index in [0.717, 1.165) is 0 Å². The zero-order valence-electron chi connectivity index (χ0n) is 20.2. The van der Waals surface area contributed by atoms with Gasteiger partial charge < -0.3 is 11.5 Å². The zero-order valence-corrected chi connectivity index (χ0v) is 21.9. The average molecular weight is 543 g/mol. The average Bonchev–Trinajstić information content (AvgIpc) is 2.79. The number of benzene rings is 2. The molecule has 0 atom stereocenters. The minimum Gasteiger partial charge on any atom is -0.399 e. The lowest BCUT2D eigenvalue weighted by Gasteiger charge is -2.08. The van der Waals surface area contributed by atoms with Gasteiger partial charge in [0.2, 0.25) is 11.9 Å². The van der Waals surface area contributed by atoms with Gasteiger partial charge in [0.25, 0.3) is 20.0 Å². The minimum atomic E-state index is -3.69. The van der Waals surface area contributed by atoms with E-state index in [-0.39, 0.29) is 21.7 Å². The topological polar surface area (TPSA) is 196 Å². The Morgan fingerprint density at radius 3 is 1.43 bits per heavy atom. The van der Waals surface area contributed by atoms with Crippen molar-refractivity contribution in [2.45, 2.75) is 30.6 Å². The Kier molecular flexibility index (Phi) is 8.24. The van der Waals surface area contributed by atoms with E-state index in [1.54, 1.807) is 32.9 Å². The van der Waals surface area contributed by atoms with Crippen molar-refractivity contribution in [3.05, 3.63) is 83.9 Å². The number of nitrogens with zero attached hydrogens (tertiary/aromatic N) is 4. The molecule has 6 N–H and O–H groups in total. The molecule has 0 aliphatic carbocycles. The molecule has 0 saturated carbocycles. The van der Waals surface area contributed by atoms with Crippen LogP contribution >= 0.6 is 0 Å². The highest BCUT2D eigenvalue weighted by atomic mass is 32.2. The molecule has 0 saturated heterocycles.